The van der Waals surface area contributed by atoms with E-state index in [0.717, 1.165) is 10.0 Å². The second-order valence-electron chi connectivity index (χ2n) is 6.27. The van der Waals surface area contributed by atoms with Gasteiger partial charge in [0, 0.05) is 22.6 Å². The lowest BCUT2D eigenvalue weighted by atomic mass is 9.98. The maximum absolute atomic E-state index is 13.0. The topological polar surface area (TPSA) is 102 Å². The van der Waals surface area contributed by atoms with Gasteiger partial charge >= 0.3 is 0 Å². The van der Waals surface area contributed by atoms with Crippen LogP contribution in [0.4, 0.5) is 5.69 Å². The van der Waals surface area contributed by atoms with Crippen LogP contribution in [0, 0.1) is 0 Å². The minimum Gasteiger partial charge on any atom is -0.322 e. The number of amides is 1. The summed E-state index contributed by atoms with van der Waals surface area (Å²) in [5.74, 6) is -1.25. The first-order valence-electron chi connectivity index (χ1n) is 8.08. The Kier molecular flexibility index (Phi) is 4.79. The molecule has 1 amide bonds. The van der Waals surface area contributed by atoms with Gasteiger partial charge in [-0.1, -0.05) is 46.3 Å². The molecular formula is C19H19BrN4O2. The summed E-state index contributed by atoms with van der Waals surface area (Å²) in [5, 5.41) is 0. The molecule has 0 fully saturated rings. The summed E-state index contributed by atoms with van der Waals surface area (Å²) in [6.07, 6.45) is 0. The van der Waals surface area contributed by atoms with E-state index in [1.807, 2.05) is 42.5 Å². The first-order valence-corrected chi connectivity index (χ1v) is 8.87. The summed E-state index contributed by atoms with van der Waals surface area (Å²) >= 11 is 3.46. The SMILES string of the molecule is C[C@H](N)C(=O)C1(N)N=C(c2ccccc2)c2cc(Br)ccc2N(C)C1=O. The fraction of sp³-hybridized carbons (Fsp3) is 0.211. The molecule has 0 bridgehead atoms. The number of anilines is 1. The van der Waals surface area contributed by atoms with E-state index in [9.17, 15) is 9.59 Å². The Bertz CT molecular complexity index is 911. The molecule has 6 nitrogen and oxygen atoms in total. The number of carbonyl (C=O) groups is 2. The quantitative estimate of drug-likeness (QED) is 0.747. The van der Waals surface area contributed by atoms with Crippen LogP contribution in [0.3, 0.4) is 0 Å². The number of carbonyl (C=O) groups excluding carboxylic acids is 2. The molecule has 0 aromatic heterocycles. The summed E-state index contributed by atoms with van der Waals surface area (Å²) in [6, 6.07) is 13.8. The third-order valence-electron chi connectivity index (χ3n) is 4.33. The maximum atomic E-state index is 13.0. The fourth-order valence-electron chi connectivity index (χ4n) is 2.96. The lowest BCUT2D eigenvalue weighted by Crippen LogP contribution is -2.62. The molecule has 0 radical (unpaired) electrons. The van der Waals surface area contributed by atoms with Gasteiger partial charge in [-0.15, -0.1) is 0 Å². The van der Waals surface area contributed by atoms with Gasteiger partial charge in [-0.25, -0.2) is 4.99 Å². The van der Waals surface area contributed by atoms with E-state index in [0.29, 0.717) is 17.0 Å². The molecule has 7 heteroatoms. The molecular weight excluding hydrogens is 396 g/mol. The Balaban J connectivity index is 2.35. The van der Waals surface area contributed by atoms with Gasteiger partial charge in [0.2, 0.25) is 11.4 Å². The van der Waals surface area contributed by atoms with Crippen molar-refractivity contribution >= 4 is 39.0 Å². The highest BCUT2D eigenvalue weighted by Crippen LogP contribution is 2.32. The molecule has 0 aliphatic carbocycles. The standard InChI is InChI=1S/C19H19BrN4O2/c1-11(21)17(25)19(22)18(26)24(2)15-9-8-13(20)10-14(15)16(23-19)12-6-4-3-5-7-12/h3-11H,21-22H2,1-2H3/t11-,19?/m0/s1. The molecule has 0 saturated heterocycles. The number of nitrogens with two attached hydrogens (primary N) is 2. The number of likely N-dealkylation sites (N-methyl/N-ethyl adjacent to an activating group) is 1. The third kappa shape index (κ3) is 2.98. The van der Waals surface area contributed by atoms with Gasteiger partial charge in [0.15, 0.2) is 0 Å². The molecule has 0 spiro atoms. The van der Waals surface area contributed by atoms with E-state index < -0.39 is 23.4 Å². The first kappa shape index (κ1) is 18.4. The molecule has 2 aromatic rings. The zero-order chi connectivity index (χ0) is 19.1. The Hall–Kier alpha value is -2.35. The monoisotopic (exact) mass is 414 g/mol. The van der Waals surface area contributed by atoms with Crippen LogP contribution in [0.15, 0.2) is 58.0 Å². The van der Waals surface area contributed by atoms with Gasteiger partial charge in [0.05, 0.1) is 17.4 Å². The number of Topliss-reactive ketones (excluding diaryl/α,β-unsaturated/α-hetero) is 1. The van der Waals surface area contributed by atoms with Crippen LogP contribution in [-0.4, -0.2) is 36.2 Å². The van der Waals surface area contributed by atoms with E-state index in [2.05, 4.69) is 20.9 Å². The number of benzodiazepines with no additional fused rings is 1. The van der Waals surface area contributed by atoms with Crippen LogP contribution in [-0.2, 0) is 9.59 Å². The highest BCUT2D eigenvalue weighted by Gasteiger charge is 2.47. The Labute approximate surface area is 160 Å². The van der Waals surface area contributed by atoms with Gasteiger partial charge in [-0.2, -0.15) is 0 Å². The fourth-order valence-corrected chi connectivity index (χ4v) is 3.32. The lowest BCUT2D eigenvalue weighted by molar-refractivity contribution is -0.134. The Morgan fingerprint density at radius 2 is 1.88 bits per heavy atom. The van der Waals surface area contributed by atoms with Crippen LogP contribution in [0.25, 0.3) is 0 Å². The third-order valence-corrected chi connectivity index (χ3v) is 4.82. The van der Waals surface area contributed by atoms with Crippen LogP contribution >= 0.6 is 15.9 Å². The summed E-state index contributed by atoms with van der Waals surface area (Å²) < 4.78 is 0.823. The number of rotatable bonds is 3. The number of nitrogens with zero attached hydrogens (tertiary/aromatic N) is 2. The van der Waals surface area contributed by atoms with Crippen molar-refractivity contribution in [3.05, 3.63) is 64.1 Å². The second kappa shape index (κ2) is 6.75. The molecule has 1 aliphatic heterocycles. The summed E-state index contributed by atoms with van der Waals surface area (Å²) in [5.41, 5.74) is 12.5. The van der Waals surface area contributed by atoms with Gasteiger partial charge < -0.3 is 10.6 Å². The minimum atomic E-state index is -2.08. The van der Waals surface area contributed by atoms with Crippen molar-refractivity contribution in [1.29, 1.82) is 0 Å². The van der Waals surface area contributed by atoms with Crippen molar-refractivity contribution in [3.8, 4) is 0 Å². The smallest absolute Gasteiger partial charge is 0.277 e. The van der Waals surface area contributed by atoms with Crippen molar-refractivity contribution in [3.63, 3.8) is 0 Å². The predicted octanol–water partition coefficient (Wildman–Crippen LogP) is 1.83. The lowest BCUT2D eigenvalue weighted by Gasteiger charge is -2.27. The summed E-state index contributed by atoms with van der Waals surface area (Å²) in [7, 11) is 1.58. The number of hydrogen-bond donors (Lipinski definition) is 2. The zero-order valence-corrected chi connectivity index (χ0v) is 16.0. The Morgan fingerprint density at radius 3 is 2.50 bits per heavy atom. The van der Waals surface area contributed by atoms with E-state index in [-0.39, 0.29) is 0 Å². The number of halogens is 1. The molecule has 1 aliphatic rings. The van der Waals surface area contributed by atoms with Crippen molar-refractivity contribution in [2.24, 2.45) is 16.5 Å². The number of benzene rings is 2. The van der Waals surface area contributed by atoms with Crippen molar-refractivity contribution in [2.45, 2.75) is 18.6 Å². The average molecular weight is 415 g/mol. The molecule has 2 aromatic carbocycles. The zero-order valence-electron chi connectivity index (χ0n) is 14.4. The van der Waals surface area contributed by atoms with Gasteiger partial charge in [-0.05, 0) is 25.1 Å². The van der Waals surface area contributed by atoms with Crippen molar-refractivity contribution in [1.82, 2.24) is 0 Å². The van der Waals surface area contributed by atoms with Crippen molar-refractivity contribution in [2.75, 3.05) is 11.9 Å². The summed E-state index contributed by atoms with van der Waals surface area (Å²) in [6.45, 7) is 1.50. The van der Waals surface area contributed by atoms with Gasteiger partial charge in [-0.3, -0.25) is 15.3 Å². The first-order chi connectivity index (χ1) is 12.3. The largest absolute Gasteiger partial charge is 0.322 e. The van der Waals surface area contributed by atoms with Crippen LogP contribution in [0.5, 0.6) is 0 Å². The number of fused-ring (bicyclic) bond motifs is 1. The summed E-state index contributed by atoms with van der Waals surface area (Å²) in [4.78, 5) is 31.6. The molecule has 26 heavy (non-hydrogen) atoms. The molecule has 2 atom stereocenters. The molecule has 1 unspecified atom stereocenters. The van der Waals surface area contributed by atoms with E-state index in [1.165, 1.54) is 11.8 Å². The molecule has 3 rings (SSSR count). The number of hydrogen-bond acceptors (Lipinski definition) is 5. The van der Waals surface area contributed by atoms with E-state index >= 15 is 0 Å². The second-order valence-corrected chi connectivity index (χ2v) is 7.19. The normalized spacial score (nSPS) is 20.9. The van der Waals surface area contributed by atoms with Crippen LogP contribution in [0.1, 0.15) is 18.1 Å². The van der Waals surface area contributed by atoms with Crippen molar-refractivity contribution < 1.29 is 9.59 Å². The molecule has 0 saturated carbocycles. The number of aliphatic imine (C=N–C) groups is 1. The predicted molar refractivity (Wildman–Crippen MR) is 105 cm³/mol. The Morgan fingerprint density at radius 1 is 1.23 bits per heavy atom. The average Bonchev–Trinajstić information content (AvgIpc) is 2.71. The van der Waals surface area contributed by atoms with Crippen LogP contribution < -0.4 is 16.4 Å². The van der Waals surface area contributed by atoms with E-state index in [4.69, 9.17) is 11.5 Å². The highest BCUT2D eigenvalue weighted by molar-refractivity contribution is 9.10. The highest BCUT2D eigenvalue weighted by atomic mass is 79.9. The van der Waals surface area contributed by atoms with Gasteiger partial charge in [0.1, 0.15) is 0 Å². The van der Waals surface area contributed by atoms with Gasteiger partial charge in [0.25, 0.3) is 5.91 Å². The van der Waals surface area contributed by atoms with E-state index in [1.54, 1.807) is 13.1 Å². The molecule has 134 valence electrons. The minimum absolute atomic E-state index is 0.469. The molecule has 1 heterocycles. The number of ketones is 1. The molecule has 4 N–H and O–H groups in total. The van der Waals surface area contributed by atoms with Crippen LogP contribution in [0.2, 0.25) is 0 Å². The maximum Gasteiger partial charge on any atom is 0.277 e.